The first-order chi connectivity index (χ1) is 9.99. The maximum Gasteiger partial charge on any atom is 0.0972 e. The van der Waals surface area contributed by atoms with E-state index in [4.69, 9.17) is 4.98 Å². The molecule has 2 nitrogen and oxygen atoms in total. The normalized spacial score (nSPS) is 11.8. The summed E-state index contributed by atoms with van der Waals surface area (Å²) in [6, 6.07) is 8.88. The van der Waals surface area contributed by atoms with Gasteiger partial charge in [0.2, 0.25) is 0 Å². The lowest BCUT2D eigenvalue weighted by atomic mass is 9.93. The highest BCUT2D eigenvalue weighted by molar-refractivity contribution is 7.09. The molecule has 1 aromatic carbocycles. The van der Waals surface area contributed by atoms with Crippen molar-refractivity contribution in [2.24, 2.45) is 0 Å². The molecule has 0 aliphatic carbocycles. The van der Waals surface area contributed by atoms with Crippen molar-refractivity contribution in [2.75, 3.05) is 6.54 Å². The van der Waals surface area contributed by atoms with Crippen LogP contribution in [0.25, 0.3) is 0 Å². The van der Waals surface area contributed by atoms with E-state index in [0.29, 0.717) is 0 Å². The SMILES string of the molecule is CCCNCc1ccc(Cc2nc(C(C)(C)C)cs2)cc1. The maximum absolute atomic E-state index is 4.77. The number of thiazole rings is 1. The molecule has 0 fully saturated rings. The summed E-state index contributed by atoms with van der Waals surface area (Å²) < 4.78 is 0. The Morgan fingerprint density at radius 1 is 1.10 bits per heavy atom. The lowest BCUT2D eigenvalue weighted by molar-refractivity contribution is 0.571. The Morgan fingerprint density at radius 2 is 1.76 bits per heavy atom. The van der Waals surface area contributed by atoms with Gasteiger partial charge in [-0.05, 0) is 24.1 Å². The van der Waals surface area contributed by atoms with Gasteiger partial charge in [-0.1, -0.05) is 52.0 Å². The van der Waals surface area contributed by atoms with Gasteiger partial charge < -0.3 is 5.32 Å². The molecule has 114 valence electrons. The third-order valence-corrected chi connectivity index (χ3v) is 4.30. The highest BCUT2D eigenvalue weighted by Gasteiger charge is 2.17. The predicted octanol–water partition coefficient (Wildman–Crippen LogP) is 4.53. The minimum absolute atomic E-state index is 0.142. The van der Waals surface area contributed by atoms with Crippen molar-refractivity contribution < 1.29 is 0 Å². The van der Waals surface area contributed by atoms with Crippen LogP contribution >= 0.6 is 11.3 Å². The predicted molar refractivity (Wildman–Crippen MR) is 92.1 cm³/mol. The maximum atomic E-state index is 4.77. The smallest absolute Gasteiger partial charge is 0.0972 e. The van der Waals surface area contributed by atoms with Crippen molar-refractivity contribution in [3.63, 3.8) is 0 Å². The molecule has 0 saturated heterocycles. The van der Waals surface area contributed by atoms with Crippen LogP contribution in [0.2, 0.25) is 0 Å². The van der Waals surface area contributed by atoms with Crippen molar-refractivity contribution in [1.82, 2.24) is 10.3 Å². The third-order valence-electron chi connectivity index (χ3n) is 3.45. The van der Waals surface area contributed by atoms with E-state index in [-0.39, 0.29) is 5.41 Å². The first kappa shape index (κ1) is 16.2. The minimum atomic E-state index is 0.142. The monoisotopic (exact) mass is 302 g/mol. The van der Waals surface area contributed by atoms with Gasteiger partial charge in [0.1, 0.15) is 0 Å². The third kappa shape index (κ3) is 4.94. The molecule has 3 heteroatoms. The summed E-state index contributed by atoms with van der Waals surface area (Å²) in [5.74, 6) is 0. The molecule has 0 unspecified atom stereocenters. The molecule has 21 heavy (non-hydrogen) atoms. The van der Waals surface area contributed by atoms with Gasteiger partial charge in [0.15, 0.2) is 0 Å². The quantitative estimate of drug-likeness (QED) is 0.793. The number of rotatable bonds is 6. The van der Waals surface area contributed by atoms with Gasteiger partial charge in [-0.2, -0.15) is 0 Å². The fourth-order valence-corrected chi connectivity index (χ4v) is 3.15. The molecule has 2 aromatic rings. The van der Waals surface area contributed by atoms with Crippen molar-refractivity contribution in [2.45, 2.75) is 52.5 Å². The van der Waals surface area contributed by atoms with E-state index in [9.17, 15) is 0 Å². The summed E-state index contributed by atoms with van der Waals surface area (Å²) in [7, 11) is 0. The standard InChI is InChI=1S/C18H26N2S/c1-5-10-19-12-15-8-6-14(7-9-15)11-17-20-16(13-21-17)18(2,3)4/h6-9,13,19H,5,10-12H2,1-4H3. The molecular weight excluding hydrogens is 276 g/mol. The summed E-state index contributed by atoms with van der Waals surface area (Å²) in [6.45, 7) is 10.9. The van der Waals surface area contributed by atoms with E-state index in [1.54, 1.807) is 11.3 Å². The molecule has 0 aliphatic rings. The first-order valence-electron chi connectivity index (χ1n) is 7.72. The zero-order valence-corrected chi connectivity index (χ0v) is 14.4. The Kier molecular flexibility index (Phi) is 5.54. The Hall–Kier alpha value is -1.19. The Labute approximate surface area is 132 Å². The van der Waals surface area contributed by atoms with Crippen LogP contribution in [0.15, 0.2) is 29.6 Å². The molecular formula is C18H26N2S. The second-order valence-electron chi connectivity index (χ2n) is 6.55. The van der Waals surface area contributed by atoms with E-state index >= 15 is 0 Å². The van der Waals surface area contributed by atoms with Gasteiger partial charge in [-0.3, -0.25) is 0 Å². The number of aromatic nitrogens is 1. The lowest BCUT2D eigenvalue weighted by Crippen LogP contribution is -2.13. The zero-order valence-electron chi connectivity index (χ0n) is 13.6. The topological polar surface area (TPSA) is 24.9 Å². The van der Waals surface area contributed by atoms with Gasteiger partial charge in [0.25, 0.3) is 0 Å². The van der Waals surface area contributed by atoms with Crippen LogP contribution in [0, 0.1) is 0 Å². The van der Waals surface area contributed by atoms with E-state index in [1.165, 1.54) is 28.2 Å². The molecule has 1 N–H and O–H groups in total. The van der Waals surface area contributed by atoms with Gasteiger partial charge in [-0.15, -0.1) is 11.3 Å². The largest absolute Gasteiger partial charge is 0.313 e. The number of benzene rings is 1. The summed E-state index contributed by atoms with van der Waals surface area (Å²) in [5, 5.41) is 6.83. The van der Waals surface area contributed by atoms with Crippen LogP contribution in [-0.2, 0) is 18.4 Å². The molecule has 1 aromatic heterocycles. The van der Waals surface area contributed by atoms with E-state index < -0.39 is 0 Å². The van der Waals surface area contributed by atoms with Crippen molar-refractivity contribution in [3.8, 4) is 0 Å². The van der Waals surface area contributed by atoms with Crippen LogP contribution in [-0.4, -0.2) is 11.5 Å². The molecule has 1 heterocycles. The van der Waals surface area contributed by atoms with Crippen molar-refractivity contribution in [1.29, 1.82) is 0 Å². The minimum Gasteiger partial charge on any atom is -0.313 e. The number of hydrogen-bond donors (Lipinski definition) is 1. The Balaban J connectivity index is 1.95. The second kappa shape index (κ2) is 7.19. The highest BCUT2D eigenvalue weighted by atomic mass is 32.1. The molecule has 0 amide bonds. The van der Waals surface area contributed by atoms with Gasteiger partial charge in [0.05, 0.1) is 10.7 Å². The van der Waals surface area contributed by atoms with Crippen molar-refractivity contribution >= 4 is 11.3 Å². The van der Waals surface area contributed by atoms with Crippen LogP contribution in [0.5, 0.6) is 0 Å². The number of nitrogens with zero attached hydrogens (tertiary/aromatic N) is 1. The van der Waals surface area contributed by atoms with Crippen LogP contribution < -0.4 is 5.32 Å². The van der Waals surface area contributed by atoms with Crippen LogP contribution in [0.1, 0.15) is 55.9 Å². The van der Waals surface area contributed by atoms with Gasteiger partial charge in [-0.25, -0.2) is 4.98 Å². The first-order valence-corrected chi connectivity index (χ1v) is 8.60. The lowest BCUT2D eigenvalue weighted by Gasteiger charge is -2.14. The Morgan fingerprint density at radius 3 is 2.33 bits per heavy atom. The molecule has 0 aliphatic heterocycles. The average molecular weight is 302 g/mol. The Bertz CT molecular complexity index is 549. The van der Waals surface area contributed by atoms with E-state index in [2.05, 4.69) is 62.7 Å². The summed E-state index contributed by atoms with van der Waals surface area (Å²) in [5.41, 5.74) is 4.03. The molecule has 0 bridgehead atoms. The van der Waals surface area contributed by atoms with Crippen LogP contribution in [0.3, 0.4) is 0 Å². The summed E-state index contributed by atoms with van der Waals surface area (Å²) >= 11 is 1.77. The molecule has 0 atom stereocenters. The summed E-state index contributed by atoms with van der Waals surface area (Å²) in [6.07, 6.45) is 2.11. The van der Waals surface area contributed by atoms with Crippen molar-refractivity contribution in [3.05, 3.63) is 51.5 Å². The van der Waals surface area contributed by atoms with Crippen LogP contribution in [0.4, 0.5) is 0 Å². The second-order valence-corrected chi connectivity index (χ2v) is 7.49. The summed E-state index contributed by atoms with van der Waals surface area (Å²) in [4.78, 5) is 4.77. The van der Waals surface area contributed by atoms with Gasteiger partial charge >= 0.3 is 0 Å². The zero-order chi connectivity index (χ0) is 15.3. The fraction of sp³-hybridized carbons (Fsp3) is 0.500. The number of nitrogens with one attached hydrogen (secondary N) is 1. The number of hydrogen-bond acceptors (Lipinski definition) is 3. The molecule has 0 radical (unpaired) electrons. The molecule has 0 spiro atoms. The molecule has 0 saturated carbocycles. The van der Waals surface area contributed by atoms with E-state index in [1.807, 2.05) is 0 Å². The average Bonchev–Trinajstić information content (AvgIpc) is 2.90. The highest BCUT2D eigenvalue weighted by Crippen LogP contribution is 2.25. The fourth-order valence-electron chi connectivity index (χ4n) is 2.10. The molecule has 2 rings (SSSR count). The van der Waals surface area contributed by atoms with Gasteiger partial charge in [0, 0.05) is 23.8 Å². The van der Waals surface area contributed by atoms with E-state index in [0.717, 1.165) is 19.5 Å².